The van der Waals surface area contributed by atoms with Crippen molar-refractivity contribution >= 4 is 32.3 Å². The molecule has 10 aromatic carbocycles. The standard InChI is InChI=1S/C59H38N2/c1-4-19-40(20-5-1)55-38-56(61-58(60-55)52-33-16-23-39-18-12-13-28-45(39)52)49-35-34-48(46-29-14-15-30-47(46)49)50-31-17-32-51-53-36-41-21-10-11-22-42(41)37-54(53)59(57(50)51,43-24-6-2-7-25-43)44-26-8-3-9-27-44/h1-38H. The van der Waals surface area contributed by atoms with Crippen molar-refractivity contribution in [3.63, 3.8) is 0 Å². The number of nitrogens with zero attached hydrogens (tertiary/aromatic N) is 2. The maximum absolute atomic E-state index is 5.40. The highest BCUT2D eigenvalue weighted by molar-refractivity contribution is 6.08. The van der Waals surface area contributed by atoms with Gasteiger partial charge in [0.05, 0.1) is 16.8 Å². The highest BCUT2D eigenvalue weighted by atomic mass is 14.9. The fraction of sp³-hybridized carbons (Fsp3) is 0.0169. The van der Waals surface area contributed by atoms with E-state index in [1.165, 1.54) is 60.7 Å². The Kier molecular flexibility index (Phi) is 8.11. The average molecular weight is 775 g/mol. The van der Waals surface area contributed by atoms with Gasteiger partial charge in [0.25, 0.3) is 0 Å². The van der Waals surface area contributed by atoms with Crippen molar-refractivity contribution < 1.29 is 0 Å². The van der Waals surface area contributed by atoms with E-state index in [-0.39, 0.29) is 0 Å². The van der Waals surface area contributed by atoms with Crippen molar-refractivity contribution in [1.29, 1.82) is 0 Å². The van der Waals surface area contributed by atoms with Crippen LogP contribution in [-0.2, 0) is 5.41 Å². The Hall–Kier alpha value is -7.94. The van der Waals surface area contributed by atoms with Crippen molar-refractivity contribution in [2.75, 3.05) is 0 Å². The highest BCUT2D eigenvalue weighted by Crippen LogP contribution is 2.60. The Morgan fingerprint density at radius 1 is 0.295 bits per heavy atom. The smallest absolute Gasteiger partial charge is 0.161 e. The summed E-state index contributed by atoms with van der Waals surface area (Å²) in [5.41, 5.74) is 14.4. The molecule has 12 rings (SSSR count). The van der Waals surface area contributed by atoms with Gasteiger partial charge in [-0.1, -0.05) is 212 Å². The monoisotopic (exact) mass is 774 g/mol. The third kappa shape index (κ3) is 5.50. The molecule has 1 heterocycles. The minimum Gasteiger partial charge on any atom is -0.228 e. The van der Waals surface area contributed by atoms with E-state index < -0.39 is 5.41 Å². The molecule has 61 heavy (non-hydrogen) atoms. The summed E-state index contributed by atoms with van der Waals surface area (Å²) in [5, 5.41) is 7.10. The maximum Gasteiger partial charge on any atom is 0.161 e. The fourth-order valence-electron chi connectivity index (χ4n) is 10.1. The maximum atomic E-state index is 5.40. The second-order valence-corrected chi connectivity index (χ2v) is 16.0. The number of rotatable bonds is 6. The lowest BCUT2D eigenvalue weighted by molar-refractivity contribution is 0.771. The van der Waals surface area contributed by atoms with Crippen molar-refractivity contribution in [2.24, 2.45) is 0 Å². The van der Waals surface area contributed by atoms with Gasteiger partial charge in [0.2, 0.25) is 0 Å². The minimum absolute atomic E-state index is 0.571. The first-order valence-electron chi connectivity index (χ1n) is 21.0. The normalized spacial score (nSPS) is 12.7. The molecule has 0 saturated carbocycles. The van der Waals surface area contributed by atoms with E-state index >= 15 is 0 Å². The van der Waals surface area contributed by atoms with Gasteiger partial charge in [0.1, 0.15) is 0 Å². The van der Waals surface area contributed by atoms with Crippen LogP contribution in [0.25, 0.3) is 88.5 Å². The van der Waals surface area contributed by atoms with E-state index in [2.05, 4.69) is 231 Å². The molecule has 11 aromatic rings. The molecule has 1 aliphatic rings. The van der Waals surface area contributed by atoms with Crippen LogP contribution in [0, 0.1) is 0 Å². The zero-order chi connectivity index (χ0) is 40.3. The fourth-order valence-corrected chi connectivity index (χ4v) is 10.1. The van der Waals surface area contributed by atoms with Gasteiger partial charge in [-0.2, -0.15) is 0 Å². The van der Waals surface area contributed by atoms with Gasteiger partial charge in [-0.15, -0.1) is 0 Å². The molecule has 0 saturated heterocycles. The van der Waals surface area contributed by atoms with E-state index in [9.17, 15) is 0 Å². The summed E-state index contributed by atoms with van der Waals surface area (Å²) in [6.07, 6.45) is 0. The summed E-state index contributed by atoms with van der Waals surface area (Å²) in [6, 6.07) is 83.7. The largest absolute Gasteiger partial charge is 0.228 e. The Labute approximate surface area is 355 Å². The van der Waals surface area contributed by atoms with Gasteiger partial charge in [0, 0.05) is 16.7 Å². The Balaban J connectivity index is 1.13. The third-order valence-corrected chi connectivity index (χ3v) is 12.7. The molecule has 284 valence electrons. The third-order valence-electron chi connectivity index (χ3n) is 12.7. The molecule has 0 bridgehead atoms. The van der Waals surface area contributed by atoms with Crippen LogP contribution in [0.3, 0.4) is 0 Å². The van der Waals surface area contributed by atoms with Crippen LogP contribution < -0.4 is 0 Å². The van der Waals surface area contributed by atoms with Gasteiger partial charge < -0.3 is 0 Å². The summed E-state index contributed by atoms with van der Waals surface area (Å²) in [7, 11) is 0. The quantitative estimate of drug-likeness (QED) is 0.168. The van der Waals surface area contributed by atoms with E-state index in [4.69, 9.17) is 9.97 Å². The first kappa shape index (κ1) is 35.0. The second kappa shape index (κ2) is 14.1. The molecule has 0 atom stereocenters. The summed E-state index contributed by atoms with van der Waals surface area (Å²) < 4.78 is 0. The van der Waals surface area contributed by atoms with Crippen LogP contribution in [0.5, 0.6) is 0 Å². The Morgan fingerprint density at radius 3 is 1.49 bits per heavy atom. The van der Waals surface area contributed by atoms with Crippen LogP contribution in [0.15, 0.2) is 231 Å². The van der Waals surface area contributed by atoms with Gasteiger partial charge in [-0.05, 0) is 95.0 Å². The molecule has 1 aliphatic carbocycles. The molecular weight excluding hydrogens is 737 g/mol. The van der Waals surface area contributed by atoms with Gasteiger partial charge >= 0.3 is 0 Å². The molecule has 0 unspecified atom stereocenters. The van der Waals surface area contributed by atoms with E-state index in [0.717, 1.165) is 44.2 Å². The highest BCUT2D eigenvalue weighted by Gasteiger charge is 2.48. The lowest BCUT2D eigenvalue weighted by atomic mass is 9.66. The van der Waals surface area contributed by atoms with E-state index in [0.29, 0.717) is 5.82 Å². The predicted octanol–water partition coefficient (Wildman–Crippen LogP) is 15.0. The van der Waals surface area contributed by atoms with Crippen LogP contribution in [0.4, 0.5) is 0 Å². The minimum atomic E-state index is -0.571. The zero-order valence-electron chi connectivity index (χ0n) is 33.3. The first-order chi connectivity index (χ1) is 30.3. The molecule has 0 aliphatic heterocycles. The van der Waals surface area contributed by atoms with Crippen molar-refractivity contribution in [3.05, 3.63) is 253 Å². The summed E-state index contributed by atoms with van der Waals surface area (Å²) in [6.45, 7) is 0. The molecule has 0 radical (unpaired) electrons. The number of benzene rings is 10. The van der Waals surface area contributed by atoms with Crippen molar-refractivity contribution in [2.45, 2.75) is 5.41 Å². The lowest BCUT2D eigenvalue weighted by Crippen LogP contribution is -2.29. The van der Waals surface area contributed by atoms with Crippen LogP contribution in [-0.4, -0.2) is 9.97 Å². The number of hydrogen-bond donors (Lipinski definition) is 0. The van der Waals surface area contributed by atoms with Crippen molar-refractivity contribution in [3.8, 4) is 56.2 Å². The molecular formula is C59H38N2. The number of aromatic nitrogens is 2. The van der Waals surface area contributed by atoms with Crippen molar-refractivity contribution in [1.82, 2.24) is 9.97 Å². The number of fused-ring (bicyclic) bond motifs is 6. The first-order valence-corrected chi connectivity index (χ1v) is 21.0. The van der Waals surface area contributed by atoms with Gasteiger partial charge in [-0.3, -0.25) is 0 Å². The van der Waals surface area contributed by atoms with Crippen LogP contribution in [0.2, 0.25) is 0 Å². The van der Waals surface area contributed by atoms with E-state index in [1.807, 2.05) is 0 Å². The van der Waals surface area contributed by atoms with Gasteiger partial charge in [-0.25, -0.2) is 9.97 Å². The molecule has 2 heteroatoms. The summed E-state index contributed by atoms with van der Waals surface area (Å²) >= 11 is 0. The molecule has 0 spiro atoms. The molecule has 1 aromatic heterocycles. The Bertz CT molecular complexity index is 3420. The summed E-state index contributed by atoms with van der Waals surface area (Å²) in [5.74, 6) is 0.711. The van der Waals surface area contributed by atoms with Gasteiger partial charge in [0.15, 0.2) is 5.82 Å². The molecule has 0 N–H and O–H groups in total. The average Bonchev–Trinajstić information content (AvgIpc) is 3.63. The topological polar surface area (TPSA) is 25.8 Å². The predicted molar refractivity (Wildman–Crippen MR) is 254 cm³/mol. The SMILES string of the molecule is c1ccc(-c2cc(-c3ccc(-c4cccc5c4C(c4ccccc4)(c4ccccc4)c4cc6ccccc6cc4-5)c4ccccc34)nc(-c3cccc4ccccc34)n2)cc1. The zero-order valence-corrected chi connectivity index (χ0v) is 33.3. The second-order valence-electron chi connectivity index (χ2n) is 16.0. The molecule has 2 nitrogen and oxygen atoms in total. The summed E-state index contributed by atoms with van der Waals surface area (Å²) in [4.78, 5) is 10.6. The van der Waals surface area contributed by atoms with Crippen LogP contribution in [0.1, 0.15) is 22.3 Å². The molecule has 0 amide bonds. The van der Waals surface area contributed by atoms with Crippen LogP contribution >= 0.6 is 0 Å². The molecule has 0 fully saturated rings. The number of hydrogen-bond acceptors (Lipinski definition) is 2. The Morgan fingerprint density at radius 2 is 0.787 bits per heavy atom. The van der Waals surface area contributed by atoms with E-state index in [1.54, 1.807) is 0 Å². The lowest BCUT2D eigenvalue weighted by Gasteiger charge is -2.35.